The van der Waals surface area contributed by atoms with Crippen LogP contribution in [0, 0.1) is 5.82 Å². The number of amides is 1. The average Bonchev–Trinajstić information content (AvgIpc) is 3.43. The molecule has 1 aromatic heterocycles. The smallest absolute Gasteiger partial charge is 0.367 e. The van der Waals surface area contributed by atoms with Gasteiger partial charge in [-0.25, -0.2) is 4.39 Å². The van der Waals surface area contributed by atoms with Gasteiger partial charge in [0, 0.05) is 69.7 Å². The molecule has 8 nitrogen and oxygen atoms in total. The lowest BCUT2D eigenvalue weighted by molar-refractivity contribution is -0.138. The molecule has 2 N–H and O–H groups in total. The lowest BCUT2D eigenvalue weighted by Gasteiger charge is -2.35. The minimum Gasteiger partial charge on any atom is -0.367 e. The second-order valence-corrected chi connectivity index (χ2v) is 11.6. The van der Waals surface area contributed by atoms with Crippen LogP contribution >= 0.6 is 0 Å². The minimum atomic E-state index is -4.91. The Kier molecular flexibility index (Phi) is 8.91. The average molecular weight is 601 g/mol. The molecule has 230 valence electrons. The van der Waals surface area contributed by atoms with Crippen molar-refractivity contribution in [2.45, 2.75) is 25.2 Å². The lowest BCUT2D eigenvalue weighted by Crippen LogP contribution is -2.44. The summed E-state index contributed by atoms with van der Waals surface area (Å²) >= 11 is 0. The summed E-state index contributed by atoms with van der Waals surface area (Å²) < 4.78 is 56.4. The molecule has 43 heavy (non-hydrogen) atoms. The normalized spacial score (nSPS) is 18.4. The maximum atomic E-state index is 15.2. The first-order chi connectivity index (χ1) is 20.4. The van der Waals surface area contributed by atoms with Crippen LogP contribution in [0.25, 0.3) is 11.1 Å². The maximum absolute atomic E-state index is 15.2. The van der Waals surface area contributed by atoms with E-state index < -0.39 is 34.6 Å². The van der Waals surface area contributed by atoms with E-state index >= 15 is 4.39 Å². The molecule has 2 aliphatic rings. The van der Waals surface area contributed by atoms with E-state index in [1.165, 1.54) is 6.07 Å². The van der Waals surface area contributed by atoms with Gasteiger partial charge in [0.25, 0.3) is 5.91 Å². The van der Waals surface area contributed by atoms with Gasteiger partial charge in [-0.3, -0.25) is 14.5 Å². The molecule has 2 aliphatic heterocycles. The molecule has 3 aromatic rings. The first kappa shape index (κ1) is 30.7. The van der Waals surface area contributed by atoms with Crippen LogP contribution in [0.15, 0.2) is 53.5 Å². The molecule has 0 spiro atoms. The van der Waals surface area contributed by atoms with Crippen molar-refractivity contribution in [1.29, 1.82) is 0 Å². The number of benzene rings is 2. The number of H-pyrrole nitrogens is 1. The van der Waals surface area contributed by atoms with E-state index in [0.29, 0.717) is 48.6 Å². The summed E-state index contributed by atoms with van der Waals surface area (Å²) in [6.07, 6.45) is -3.08. The van der Waals surface area contributed by atoms with Crippen molar-refractivity contribution in [2.24, 2.45) is 0 Å². The number of nitrogens with one attached hydrogen (secondary N) is 2. The second kappa shape index (κ2) is 12.5. The van der Waals surface area contributed by atoms with Crippen LogP contribution in [0.1, 0.15) is 27.9 Å². The highest BCUT2D eigenvalue weighted by Crippen LogP contribution is 2.36. The SMILES string of the molecule is CN1CCN(c2ccc(-c3cc(CN4CCC(N(C)C)C4)ccc3F)cc2NC(=O)c2c[nH]c(=O)cc2C(F)(F)F)CC1. The number of hydrogen-bond donors (Lipinski definition) is 2. The number of pyridine rings is 1. The first-order valence-corrected chi connectivity index (χ1v) is 14.3. The third-order valence-electron chi connectivity index (χ3n) is 8.29. The largest absolute Gasteiger partial charge is 0.417 e. The van der Waals surface area contributed by atoms with E-state index in [1.54, 1.807) is 30.3 Å². The van der Waals surface area contributed by atoms with Gasteiger partial charge < -0.3 is 25.0 Å². The van der Waals surface area contributed by atoms with Crippen molar-refractivity contribution < 1.29 is 22.4 Å². The molecule has 1 unspecified atom stereocenters. The Labute approximate surface area is 247 Å². The highest BCUT2D eigenvalue weighted by molar-refractivity contribution is 6.07. The van der Waals surface area contributed by atoms with Gasteiger partial charge in [0.1, 0.15) is 5.82 Å². The molecule has 0 radical (unpaired) electrons. The van der Waals surface area contributed by atoms with Crippen LogP contribution in [0.4, 0.5) is 28.9 Å². The van der Waals surface area contributed by atoms with Crippen LogP contribution in [0.5, 0.6) is 0 Å². The standard InChI is InChI=1S/C31H36F4N6O2/c1-38(2)22-8-9-40(19-22)18-20-4-6-26(32)23(14-20)21-5-7-28(41-12-10-39(3)11-13-41)27(15-21)37-30(43)24-17-36-29(42)16-25(24)31(33,34)35/h4-7,14-17,22H,8-13,18-19H2,1-3H3,(H,36,42)(H,37,43). The van der Waals surface area contributed by atoms with Gasteiger partial charge in [0.2, 0.25) is 5.56 Å². The fourth-order valence-electron chi connectivity index (χ4n) is 5.74. The Hall–Kier alpha value is -3.74. The van der Waals surface area contributed by atoms with Crippen molar-refractivity contribution in [3.8, 4) is 11.1 Å². The highest BCUT2D eigenvalue weighted by atomic mass is 19.4. The van der Waals surface area contributed by atoms with E-state index in [2.05, 4.69) is 39.1 Å². The van der Waals surface area contributed by atoms with Crippen molar-refractivity contribution in [1.82, 2.24) is 19.7 Å². The van der Waals surface area contributed by atoms with E-state index in [-0.39, 0.29) is 5.69 Å². The Morgan fingerprint density at radius 2 is 1.79 bits per heavy atom. The Bertz CT molecular complexity index is 1530. The number of aromatic amines is 1. The number of carbonyl (C=O) groups is 1. The summed E-state index contributed by atoms with van der Waals surface area (Å²) in [5.74, 6) is -1.48. The number of alkyl halides is 3. The van der Waals surface area contributed by atoms with Gasteiger partial charge in [-0.05, 0) is 63.0 Å². The third-order valence-corrected chi connectivity index (χ3v) is 8.29. The van der Waals surface area contributed by atoms with Gasteiger partial charge in [0.15, 0.2) is 0 Å². The molecule has 1 amide bonds. The fourth-order valence-corrected chi connectivity index (χ4v) is 5.74. The van der Waals surface area contributed by atoms with Crippen LogP contribution in [-0.2, 0) is 12.7 Å². The number of rotatable bonds is 7. The zero-order chi connectivity index (χ0) is 30.9. The Morgan fingerprint density at radius 1 is 1.05 bits per heavy atom. The van der Waals surface area contributed by atoms with Gasteiger partial charge in [-0.15, -0.1) is 0 Å². The molecule has 5 rings (SSSR count). The topological polar surface area (TPSA) is 74.9 Å². The fraction of sp³-hybridized carbons (Fsp3) is 0.419. The third kappa shape index (κ3) is 7.09. The van der Waals surface area contributed by atoms with E-state index in [9.17, 15) is 22.8 Å². The summed E-state index contributed by atoms with van der Waals surface area (Å²) in [6, 6.07) is 10.9. The number of likely N-dealkylation sites (N-methyl/N-ethyl adjacent to an activating group) is 2. The summed E-state index contributed by atoms with van der Waals surface area (Å²) in [5.41, 5.74) is -0.381. The molecule has 2 aromatic carbocycles. The Morgan fingerprint density at radius 3 is 2.47 bits per heavy atom. The summed E-state index contributed by atoms with van der Waals surface area (Å²) in [7, 11) is 6.12. The van der Waals surface area contributed by atoms with E-state index in [4.69, 9.17) is 0 Å². The number of aromatic nitrogens is 1. The summed E-state index contributed by atoms with van der Waals surface area (Å²) in [6.45, 7) is 5.31. The van der Waals surface area contributed by atoms with Gasteiger partial charge >= 0.3 is 6.18 Å². The number of nitrogens with zero attached hydrogens (tertiary/aromatic N) is 4. The predicted molar refractivity (Wildman–Crippen MR) is 159 cm³/mol. The maximum Gasteiger partial charge on any atom is 0.417 e. The van der Waals surface area contributed by atoms with E-state index in [1.807, 2.05) is 11.9 Å². The van der Waals surface area contributed by atoms with Crippen molar-refractivity contribution >= 4 is 17.3 Å². The van der Waals surface area contributed by atoms with Crippen LogP contribution in [-0.4, -0.2) is 92.0 Å². The molecule has 2 fully saturated rings. The Balaban J connectivity index is 1.49. The van der Waals surface area contributed by atoms with Crippen LogP contribution < -0.4 is 15.8 Å². The number of carbonyl (C=O) groups excluding carboxylic acids is 1. The van der Waals surface area contributed by atoms with Crippen molar-refractivity contribution in [3.63, 3.8) is 0 Å². The predicted octanol–water partition coefficient (Wildman–Crippen LogP) is 4.34. The molecule has 0 bridgehead atoms. The highest BCUT2D eigenvalue weighted by Gasteiger charge is 2.36. The molecule has 3 heterocycles. The lowest BCUT2D eigenvalue weighted by atomic mass is 10.00. The summed E-state index contributed by atoms with van der Waals surface area (Å²) in [5, 5.41) is 2.63. The minimum absolute atomic E-state index is 0.254. The van der Waals surface area contributed by atoms with E-state index in [0.717, 1.165) is 44.4 Å². The molecule has 2 saturated heterocycles. The number of anilines is 2. The number of hydrogen-bond acceptors (Lipinski definition) is 6. The monoisotopic (exact) mass is 600 g/mol. The molecule has 12 heteroatoms. The van der Waals surface area contributed by atoms with Gasteiger partial charge in [-0.2, -0.15) is 13.2 Å². The zero-order valence-electron chi connectivity index (χ0n) is 24.5. The zero-order valence-corrected chi connectivity index (χ0v) is 24.5. The number of likely N-dealkylation sites (tertiary alicyclic amines) is 1. The molecular weight excluding hydrogens is 564 g/mol. The van der Waals surface area contributed by atoms with Crippen molar-refractivity contribution in [2.75, 3.05) is 70.6 Å². The first-order valence-electron chi connectivity index (χ1n) is 14.3. The van der Waals surface area contributed by atoms with Crippen LogP contribution in [0.3, 0.4) is 0 Å². The number of halogens is 4. The quantitative estimate of drug-likeness (QED) is 0.394. The molecule has 1 atom stereocenters. The summed E-state index contributed by atoms with van der Waals surface area (Å²) in [4.78, 5) is 35.8. The molecule has 0 aliphatic carbocycles. The second-order valence-electron chi connectivity index (χ2n) is 11.6. The van der Waals surface area contributed by atoms with Gasteiger partial charge in [-0.1, -0.05) is 12.1 Å². The number of piperazine rings is 1. The van der Waals surface area contributed by atoms with Gasteiger partial charge in [0.05, 0.1) is 22.5 Å². The molecular formula is C31H36F4N6O2. The van der Waals surface area contributed by atoms with Crippen molar-refractivity contribution in [3.05, 3.63) is 81.5 Å². The molecule has 0 saturated carbocycles. The van der Waals surface area contributed by atoms with Crippen LogP contribution in [0.2, 0.25) is 0 Å².